The van der Waals surface area contributed by atoms with Gasteiger partial charge < -0.3 is 20.4 Å². The number of rotatable bonds is 8. The molecule has 0 spiro atoms. The maximum absolute atomic E-state index is 12.2. The second kappa shape index (κ2) is 11.0. The monoisotopic (exact) mass is 425 g/mol. The molecule has 1 fully saturated rings. The normalized spacial score (nSPS) is 15.5. The average Bonchev–Trinajstić information content (AvgIpc) is 3.32. The highest BCUT2D eigenvalue weighted by Gasteiger charge is 2.27. The Labute approximate surface area is 185 Å². The van der Waals surface area contributed by atoms with Gasteiger partial charge in [-0.1, -0.05) is 18.6 Å². The Morgan fingerprint density at radius 3 is 2.65 bits per heavy atom. The van der Waals surface area contributed by atoms with Crippen LogP contribution in [0.3, 0.4) is 0 Å². The van der Waals surface area contributed by atoms with Gasteiger partial charge in [0, 0.05) is 24.3 Å². The predicted molar refractivity (Wildman–Crippen MR) is 125 cm³/mol. The first-order valence-electron chi connectivity index (χ1n) is 11.2. The minimum Gasteiger partial charge on any atom is -0.459 e. The van der Waals surface area contributed by atoms with Gasteiger partial charge in [-0.25, -0.2) is 4.99 Å². The fourth-order valence-corrected chi connectivity index (χ4v) is 3.77. The van der Waals surface area contributed by atoms with Crippen molar-refractivity contribution in [3.8, 4) is 0 Å². The van der Waals surface area contributed by atoms with E-state index >= 15 is 0 Å². The molecule has 1 aromatic heterocycles. The van der Waals surface area contributed by atoms with Crippen LogP contribution in [0.4, 0.5) is 5.69 Å². The van der Waals surface area contributed by atoms with E-state index in [1.54, 1.807) is 12.1 Å². The number of amides is 1. The SMILES string of the molecule is CCNC(=NCc1cccc(NC(=O)c2ccco2)c1)NCC(C)(C)N1CCCCC1. The van der Waals surface area contributed by atoms with E-state index in [9.17, 15) is 4.79 Å². The molecule has 1 aliphatic rings. The molecule has 0 aliphatic carbocycles. The number of piperidine rings is 1. The average molecular weight is 426 g/mol. The summed E-state index contributed by atoms with van der Waals surface area (Å²) in [7, 11) is 0. The van der Waals surface area contributed by atoms with E-state index in [1.807, 2.05) is 24.3 Å². The van der Waals surface area contributed by atoms with Gasteiger partial charge in [-0.2, -0.15) is 0 Å². The Kier molecular flexibility index (Phi) is 8.12. The maximum atomic E-state index is 12.2. The number of likely N-dealkylation sites (tertiary alicyclic amines) is 1. The largest absolute Gasteiger partial charge is 0.459 e. The van der Waals surface area contributed by atoms with Crippen LogP contribution in [0.25, 0.3) is 0 Å². The lowest BCUT2D eigenvalue weighted by Gasteiger charge is -2.41. The topological polar surface area (TPSA) is 81.9 Å². The van der Waals surface area contributed by atoms with Crippen LogP contribution in [0.15, 0.2) is 52.1 Å². The Bertz CT molecular complexity index is 855. The number of guanidine groups is 1. The van der Waals surface area contributed by atoms with E-state index in [-0.39, 0.29) is 11.4 Å². The van der Waals surface area contributed by atoms with Gasteiger partial charge in [0.05, 0.1) is 12.8 Å². The lowest BCUT2D eigenvalue weighted by Crippen LogP contribution is -2.54. The van der Waals surface area contributed by atoms with E-state index in [0.717, 1.165) is 30.3 Å². The van der Waals surface area contributed by atoms with Crippen LogP contribution in [0.5, 0.6) is 0 Å². The molecule has 0 unspecified atom stereocenters. The highest BCUT2D eigenvalue weighted by Crippen LogP contribution is 2.20. The third-order valence-corrected chi connectivity index (χ3v) is 5.59. The number of carbonyl (C=O) groups excluding carboxylic acids is 1. The fraction of sp³-hybridized carbons (Fsp3) is 0.500. The zero-order valence-corrected chi connectivity index (χ0v) is 18.9. The molecule has 7 heteroatoms. The quantitative estimate of drug-likeness (QED) is 0.442. The third-order valence-electron chi connectivity index (χ3n) is 5.59. The minimum atomic E-state index is -0.263. The van der Waals surface area contributed by atoms with Crippen LogP contribution in [0.2, 0.25) is 0 Å². The van der Waals surface area contributed by atoms with Crippen molar-refractivity contribution in [2.24, 2.45) is 4.99 Å². The van der Waals surface area contributed by atoms with Crippen molar-refractivity contribution in [3.05, 3.63) is 54.0 Å². The second-order valence-electron chi connectivity index (χ2n) is 8.54. The predicted octanol–water partition coefficient (Wildman–Crippen LogP) is 3.85. The molecule has 1 aromatic carbocycles. The fourth-order valence-electron chi connectivity index (χ4n) is 3.77. The molecule has 0 bridgehead atoms. The van der Waals surface area contributed by atoms with Crippen LogP contribution < -0.4 is 16.0 Å². The van der Waals surface area contributed by atoms with Crippen LogP contribution in [-0.2, 0) is 6.54 Å². The van der Waals surface area contributed by atoms with Crippen molar-refractivity contribution in [1.29, 1.82) is 0 Å². The molecule has 3 N–H and O–H groups in total. The van der Waals surface area contributed by atoms with Crippen molar-refractivity contribution >= 4 is 17.6 Å². The van der Waals surface area contributed by atoms with Crippen molar-refractivity contribution in [3.63, 3.8) is 0 Å². The summed E-state index contributed by atoms with van der Waals surface area (Å²) in [4.78, 5) is 19.5. The lowest BCUT2D eigenvalue weighted by atomic mass is 9.98. The number of anilines is 1. The summed E-state index contributed by atoms with van der Waals surface area (Å²) in [6.45, 7) is 11.1. The molecule has 2 aromatic rings. The number of hydrogen-bond acceptors (Lipinski definition) is 4. The summed E-state index contributed by atoms with van der Waals surface area (Å²) >= 11 is 0. The summed E-state index contributed by atoms with van der Waals surface area (Å²) in [5, 5.41) is 9.70. The summed E-state index contributed by atoms with van der Waals surface area (Å²) < 4.78 is 5.15. The van der Waals surface area contributed by atoms with Crippen molar-refractivity contribution in [2.75, 3.05) is 31.5 Å². The third kappa shape index (κ3) is 6.85. The number of hydrogen-bond donors (Lipinski definition) is 3. The van der Waals surface area contributed by atoms with Gasteiger partial charge in [-0.3, -0.25) is 9.69 Å². The highest BCUT2D eigenvalue weighted by molar-refractivity contribution is 6.02. The van der Waals surface area contributed by atoms with Gasteiger partial charge in [0.25, 0.3) is 5.91 Å². The molecule has 1 amide bonds. The second-order valence-corrected chi connectivity index (χ2v) is 8.54. The van der Waals surface area contributed by atoms with Gasteiger partial charge in [-0.15, -0.1) is 0 Å². The number of furan rings is 1. The molecule has 0 saturated carbocycles. The highest BCUT2D eigenvalue weighted by atomic mass is 16.3. The summed E-state index contributed by atoms with van der Waals surface area (Å²) in [5.74, 6) is 0.830. The van der Waals surface area contributed by atoms with E-state index in [1.165, 1.54) is 38.6 Å². The van der Waals surface area contributed by atoms with Crippen molar-refractivity contribution in [1.82, 2.24) is 15.5 Å². The molecular formula is C24H35N5O2. The van der Waals surface area contributed by atoms with E-state index in [2.05, 4.69) is 41.6 Å². The Balaban J connectivity index is 1.58. The van der Waals surface area contributed by atoms with Gasteiger partial charge in [-0.05, 0) is 76.5 Å². The van der Waals surface area contributed by atoms with E-state index in [0.29, 0.717) is 12.3 Å². The molecule has 3 rings (SSSR count). The molecular weight excluding hydrogens is 390 g/mol. The zero-order valence-electron chi connectivity index (χ0n) is 18.9. The first-order valence-corrected chi connectivity index (χ1v) is 11.2. The lowest BCUT2D eigenvalue weighted by molar-refractivity contribution is 0.0982. The Morgan fingerprint density at radius 2 is 1.94 bits per heavy atom. The molecule has 0 radical (unpaired) electrons. The number of nitrogens with one attached hydrogen (secondary N) is 3. The van der Waals surface area contributed by atoms with Crippen LogP contribution in [0.1, 0.15) is 56.2 Å². The molecule has 31 heavy (non-hydrogen) atoms. The van der Waals surface area contributed by atoms with Crippen LogP contribution in [0, 0.1) is 0 Å². The first kappa shape index (κ1) is 22.9. The van der Waals surface area contributed by atoms with E-state index < -0.39 is 0 Å². The summed E-state index contributed by atoms with van der Waals surface area (Å²) in [6, 6.07) is 11.1. The first-order chi connectivity index (χ1) is 15.0. The van der Waals surface area contributed by atoms with Gasteiger partial charge in [0.2, 0.25) is 0 Å². The molecule has 2 heterocycles. The number of aliphatic imine (C=N–C) groups is 1. The summed E-state index contributed by atoms with van der Waals surface area (Å²) in [6.07, 6.45) is 5.39. The molecule has 168 valence electrons. The number of nitrogens with zero attached hydrogens (tertiary/aromatic N) is 2. The van der Waals surface area contributed by atoms with Gasteiger partial charge in [0.1, 0.15) is 0 Å². The minimum absolute atomic E-state index is 0.0761. The van der Waals surface area contributed by atoms with Crippen molar-refractivity contribution in [2.45, 2.75) is 52.1 Å². The molecule has 7 nitrogen and oxygen atoms in total. The van der Waals surface area contributed by atoms with Crippen molar-refractivity contribution < 1.29 is 9.21 Å². The van der Waals surface area contributed by atoms with Gasteiger partial charge >= 0.3 is 0 Å². The summed E-state index contributed by atoms with van der Waals surface area (Å²) in [5.41, 5.74) is 1.81. The van der Waals surface area contributed by atoms with Crippen LogP contribution in [-0.4, -0.2) is 48.5 Å². The molecule has 0 atom stereocenters. The molecule has 1 saturated heterocycles. The smallest absolute Gasteiger partial charge is 0.291 e. The zero-order chi connectivity index (χ0) is 22.1. The van der Waals surface area contributed by atoms with Crippen LogP contribution >= 0.6 is 0 Å². The number of benzene rings is 1. The Hall–Kier alpha value is -2.80. The van der Waals surface area contributed by atoms with Gasteiger partial charge in [0.15, 0.2) is 11.7 Å². The van der Waals surface area contributed by atoms with E-state index in [4.69, 9.17) is 9.41 Å². The Morgan fingerprint density at radius 1 is 1.13 bits per heavy atom. The standard InChI is InChI=1S/C24H35N5O2/c1-4-25-23(27-18-24(2,3)29-13-6-5-7-14-29)26-17-19-10-8-11-20(16-19)28-22(30)21-12-9-15-31-21/h8-12,15-16H,4-7,13-14,17-18H2,1-3H3,(H,28,30)(H2,25,26,27). The number of carbonyl (C=O) groups is 1. The maximum Gasteiger partial charge on any atom is 0.291 e. The molecule has 1 aliphatic heterocycles.